The highest BCUT2D eigenvalue weighted by Gasteiger charge is 2.35. The van der Waals surface area contributed by atoms with Gasteiger partial charge in [0.2, 0.25) is 5.91 Å². The van der Waals surface area contributed by atoms with Crippen LogP contribution in [0.15, 0.2) is 0 Å². The van der Waals surface area contributed by atoms with E-state index in [1.807, 2.05) is 11.9 Å². The van der Waals surface area contributed by atoms with Gasteiger partial charge in [-0.25, -0.2) is 0 Å². The first kappa shape index (κ1) is 15.8. The molecular formula is C16H31N3O. The van der Waals surface area contributed by atoms with E-state index in [2.05, 4.69) is 18.7 Å². The molecule has 1 amide bonds. The number of carbonyl (C=O) groups excluding carboxylic acids is 1. The van der Waals surface area contributed by atoms with Crippen LogP contribution in [0.25, 0.3) is 0 Å². The zero-order valence-corrected chi connectivity index (χ0v) is 13.3. The highest BCUT2D eigenvalue weighted by molar-refractivity contribution is 5.79. The monoisotopic (exact) mass is 281 g/mol. The van der Waals surface area contributed by atoms with Gasteiger partial charge in [-0.15, -0.1) is 0 Å². The topological polar surface area (TPSA) is 49.6 Å². The van der Waals surface area contributed by atoms with Crippen LogP contribution < -0.4 is 5.73 Å². The molecule has 0 spiro atoms. The molecule has 1 heterocycles. The average molecular weight is 281 g/mol. The molecule has 0 aromatic carbocycles. The number of piperidine rings is 1. The van der Waals surface area contributed by atoms with Crippen LogP contribution in [0.4, 0.5) is 0 Å². The minimum absolute atomic E-state index is 0.146. The number of likely N-dealkylation sites (tertiary alicyclic amines) is 1. The molecule has 1 aliphatic heterocycles. The van der Waals surface area contributed by atoms with Gasteiger partial charge in [-0.2, -0.15) is 0 Å². The Bertz CT molecular complexity index is 326. The second-order valence-electron chi connectivity index (χ2n) is 6.77. The number of nitrogens with two attached hydrogens (primary N) is 1. The lowest BCUT2D eigenvalue weighted by Crippen LogP contribution is -2.49. The van der Waals surface area contributed by atoms with Crippen LogP contribution in [0.3, 0.4) is 0 Å². The summed E-state index contributed by atoms with van der Waals surface area (Å²) in [6.45, 7) is 7.79. The summed E-state index contributed by atoms with van der Waals surface area (Å²) in [6, 6.07) is 0.645. The van der Waals surface area contributed by atoms with Crippen molar-refractivity contribution in [2.75, 3.05) is 26.7 Å². The molecular weight excluding hydrogens is 250 g/mol. The van der Waals surface area contributed by atoms with Gasteiger partial charge in [0.25, 0.3) is 0 Å². The fourth-order valence-corrected chi connectivity index (χ4v) is 3.76. The van der Waals surface area contributed by atoms with Crippen molar-refractivity contribution < 1.29 is 4.79 Å². The number of nitrogens with zero attached hydrogens (tertiary/aromatic N) is 2. The fraction of sp³-hybridized carbons (Fsp3) is 0.938. The summed E-state index contributed by atoms with van der Waals surface area (Å²) < 4.78 is 0. The average Bonchev–Trinajstić information content (AvgIpc) is 2.48. The second kappa shape index (κ2) is 6.90. The standard InChI is InChI=1S/C16H31N3O/c1-4-19-9-7-14(8-10-19)18(3)16(20)15-11-13(17)6-5-12(15)2/h12-15H,4-11,17H2,1-3H3. The quantitative estimate of drug-likeness (QED) is 0.856. The Morgan fingerprint density at radius 2 is 1.90 bits per heavy atom. The van der Waals surface area contributed by atoms with E-state index in [0.717, 1.165) is 51.7 Å². The third-order valence-electron chi connectivity index (χ3n) is 5.45. The molecule has 2 aliphatic rings. The van der Waals surface area contributed by atoms with Crippen molar-refractivity contribution in [1.29, 1.82) is 0 Å². The lowest BCUT2D eigenvalue weighted by Gasteiger charge is -2.40. The number of rotatable bonds is 3. The van der Waals surface area contributed by atoms with Gasteiger partial charge in [0.15, 0.2) is 0 Å². The van der Waals surface area contributed by atoms with Gasteiger partial charge in [0.05, 0.1) is 0 Å². The minimum Gasteiger partial charge on any atom is -0.342 e. The van der Waals surface area contributed by atoms with Crippen molar-refractivity contribution in [3.05, 3.63) is 0 Å². The summed E-state index contributed by atoms with van der Waals surface area (Å²) in [4.78, 5) is 17.3. The predicted molar refractivity (Wildman–Crippen MR) is 82.4 cm³/mol. The molecule has 0 aromatic heterocycles. The maximum Gasteiger partial charge on any atom is 0.226 e. The zero-order chi connectivity index (χ0) is 14.7. The van der Waals surface area contributed by atoms with Crippen molar-refractivity contribution in [2.45, 2.75) is 58.0 Å². The molecule has 4 nitrogen and oxygen atoms in total. The van der Waals surface area contributed by atoms with Crippen molar-refractivity contribution in [3.63, 3.8) is 0 Å². The summed E-state index contributed by atoms with van der Waals surface area (Å²) in [5.74, 6) is 0.969. The molecule has 2 rings (SSSR count). The maximum atomic E-state index is 12.8. The van der Waals surface area contributed by atoms with Crippen LogP contribution in [0.5, 0.6) is 0 Å². The van der Waals surface area contributed by atoms with E-state index in [1.165, 1.54) is 0 Å². The largest absolute Gasteiger partial charge is 0.342 e. The third kappa shape index (κ3) is 3.53. The van der Waals surface area contributed by atoms with Gasteiger partial charge in [0.1, 0.15) is 0 Å². The van der Waals surface area contributed by atoms with Gasteiger partial charge in [-0.3, -0.25) is 4.79 Å². The first-order valence-electron chi connectivity index (χ1n) is 8.27. The highest BCUT2D eigenvalue weighted by atomic mass is 16.2. The Labute approximate surface area is 123 Å². The fourth-order valence-electron chi connectivity index (χ4n) is 3.76. The Hall–Kier alpha value is -0.610. The van der Waals surface area contributed by atoms with E-state index in [1.54, 1.807) is 0 Å². The highest BCUT2D eigenvalue weighted by Crippen LogP contribution is 2.31. The van der Waals surface area contributed by atoms with Crippen LogP contribution in [0.2, 0.25) is 0 Å². The van der Waals surface area contributed by atoms with Crippen LogP contribution in [0, 0.1) is 11.8 Å². The van der Waals surface area contributed by atoms with Crippen LogP contribution in [-0.2, 0) is 4.79 Å². The Morgan fingerprint density at radius 1 is 1.25 bits per heavy atom. The Kier molecular flexibility index (Phi) is 5.44. The molecule has 0 radical (unpaired) electrons. The molecule has 20 heavy (non-hydrogen) atoms. The Morgan fingerprint density at radius 3 is 2.50 bits per heavy atom. The second-order valence-corrected chi connectivity index (χ2v) is 6.77. The third-order valence-corrected chi connectivity index (χ3v) is 5.45. The van der Waals surface area contributed by atoms with Crippen LogP contribution in [0.1, 0.15) is 46.0 Å². The van der Waals surface area contributed by atoms with Crippen molar-refractivity contribution in [3.8, 4) is 0 Å². The molecule has 3 unspecified atom stereocenters. The molecule has 2 N–H and O–H groups in total. The van der Waals surface area contributed by atoms with Crippen molar-refractivity contribution in [1.82, 2.24) is 9.80 Å². The molecule has 1 saturated heterocycles. The molecule has 1 saturated carbocycles. The summed E-state index contributed by atoms with van der Waals surface area (Å²) in [7, 11) is 2.00. The predicted octanol–water partition coefficient (Wildman–Crippen LogP) is 1.69. The van der Waals surface area contributed by atoms with Crippen molar-refractivity contribution >= 4 is 5.91 Å². The first-order chi connectivity index (χ1) is 9.52. The SMILES string of the molecule is CCN1CCC(N(C)C(=O)C2CC(N)CCC2C)CC1. The lowest BCUT2D eigenvalue weighted by atomic mass is 9.77. The number of hydrogen-bond donors (Lipinski definition) is 1. The summed E-state index contributed by atoms with van der Waals surface area (Å²) in [5.41, 5.74) is 6.06. The van der Waals surface area contributed by atoms with Gasteiger partial charge in [0, 0.05) is 38.1 Å². The lowest BCUT2D eigenvalue weighted by molar-refractivity contribution is -0.140. The smallest absolute Gasteiger partial charge is 0.226 e. The van der Waals surface area contributed by atoms with E-state index in [0.29, 0.717) is 17.9 Å². The molecule has 2 fully saturated rings. The normalized spacial score (nSPS) is 33.1. The number of amides is 1. The van der Waals surface area contributed by atoms with Gasteiger partial charge < -0.3 is 15.5 Å². The van der Waals surface area contributed by atoms with E-state index in [9.17, 15) is 4.79 Å². The van der Waals surface area contributed by atoms with Gasteiger partial charge in [-0.05, 0) is 44.6 Å². The van der Waals surface area contributed by atoms with E-state index in [-0.39, 0.29) is 12.0 Å². The molecule has 116 valence electrons. The number of hydrogen-bond acceptors (Lipinski definition) is 3. The van der Waals surface area contributed by atoms with Gasteiger partial charge >= 0.3 is 0 Å². The van der Waals surface area contributed by atoms with Crippen LogP contribution in [-0.4, -0.2) is 54.5 Å². The van der Waals surface area contributed by atoms with E-state index < -0.39 is 0 Å². The molecule has 1 aliphatic carbocycles. The minimum atomic E-state index is 0.146. The molecule has 0 bridgehead atoms. The molecule has 3 atom stereocenters. The Balaban J connectivity index is 1.91. The molecule has 4 heteroatoms. The summed E-state index contributed by atoms with van der Waals surface area (Å²) in [5, 5.41) is 0. The maximum absolute atomic E-state index is 12.8. The van der Waals surface area contributed by atoms with Crippen molar-refractivity contribution in [2.24, 2.45) is 17.6 Å². The van der Waals surface area contributed by atoms with E-state index >= 15 is 0 Å². The zero-order valence-electron chi connectivity index (χ0n) is 13.3. The van der Waals surface area contributed by atoms with Crippen LogP contribution >= 0.6 is 0 Å². The number of carbonyl (C=O) groups is 1. The summed E-state index contributed by atoms with van der Waals surface area (Å²) in [6.07, 6.45) is 5.27. The van der Waals surface area contributed by atoms with E-state index in [4.69, 9.17) is 5.73 Å². The molecule has 0 aromatic rings. The van der Waals surface area contributed by atoms with Gasteiger partial charge in [-0.1, -0.05) is 13.8 Å². The first-order valence-corrected chi connectivity index (χ1v) is 8.27. The summed E-state index contributed by atoms with van der Waals surface area (Å²) >= 11 is 0.